The minimum Gasteiger partial charge on any atom is -0.481 e. The summed E-state index contributed by atoms with van der Waals surface area (Å²) in [6.07, 6.45) is 3.41. The van der Waals surface area contributed by atoms with E-state index in [-0.39, 0.29) is 12.6 Å². The van der Waals surface area contributed by atoms with Crippen LogP contribution < -0.4 is 5.32 Å². The summed E-state index contributed by atoms with van der Waals surface area (Å²) >= 11 is 0. The molecule has 0 aliphatic rings. The second-order valence-corrected chi connectivity index (χ2v) is 4.58. The lowest BCUT2D eigenvalue weighted by atomic mass is 10.1. The molecule has 1 atom stereocenters. The fraction of sp³-hybridized carbons (Fsp3) is 0.462. The minimum absolute atomic E-state index is 0.177. The Bertz CT molecular complexity index is 462. The summed E-state index contributed by atoms with van der Waals surface area (Å²) in [4.78, 5) is 27.9. The molecule has 104 valence electrons. The maximum atomic E-state index is 11.8. The number of hydrogen-bond donors (Lipinski definition) is 2. The Morgan fingerprint density at radius 1 is 1.53 bits per heavy atom. The van der Waals surface area contributed by atoms with Crippen LogP contribution >= 0.6 is 0 Å². The highest BCUT2D eigenvalue weighted by molar-refractivity contribution is 5.75. The number of nitrogens with one attached hydrogen (secondary N) is 1. The van der Waals surface area contributed by atoms with Gasteiger partial charge in [-0.1, -0.05) is 6.92 Å². The molecule has 0 aromatic carbocycles. The van der Waals surface area contributed by atoms with E-state index in [1.54, 1.807) is 26.4 Å². The molecule has 0 fully saturated rings. The number of urea groups is 1. The zero-order valence-corrected chi connectivity index (χ0v) is 11.4. The monoisotopic (exact) mass is 265 g/mol. The Balaban J connectivity index is 2.47. The summed E-state index contributed by atoms with van der Waals surface area (Å²) in [5.74, 6) is -1.50. The zero-order valence-electron chi connectivity index (χ0n) is 11.4. The van der Waals surface area contributed by atoms with Crippen LogP contribution in [0.5, 0.6) is 0 Å². The van der Waals surface area contributed by atoms with Crippen LogP contribution in [0.2, 0.25) is 0 Å². The van der Waals surface area contributed by atoms with Crippen molar-refractivity contribution in [3.8, 4) is 0 Å². The van der Waals surface area contributed by atoms with E-state index in [9.17, 15) is 9.59 Å². The molecule has 0 bridgehead atoms. The SMILES string of the molecule is Cc1cnccc1CNC(=O)N(C)CC(C)C(=O)O. The lowest BCUT2D eigenvalue weighted by Crippen LogP contribution is -2.40. The van der Waals surface area contributed by atoms with Gasteiger partial charge < -0.3 is 15.3 Å². The molecule has 0 saturated carbocycles. The van der Waals surface area contributed by atoms with Gasteiger partial charge in [-0.15, -0.1) is 0 Å². The first-order chi connectivity index (χ1) is 8.91. The third-order valence-electron chi connectivity index (χ3n) is 2.88. The highest BCUT2D eigenvalue weighted by Crippen LogP contribution is 2.05. The van der Waals surface area contributed by atoms with Gasteiger partial charge in [0.25, 0.3) is 0 Å². The van der Waals surface area contributed by atoms with Crippen molar-refractivity contribution in [3.05, 3.63) is 29.6 Å². The first-order valence-electron chi connectivity index (χ1n) is 6.03. The topological polar surface area (TPSA) is 82.5 Å². The third kappa shape index (κ3) is 4.57. The van der Waals surface area contributed by atoms with Crippen LogP contribution in [0.15, 0.2) is 18.5 Å². The second kappa shape index (κ2) is 6.72. The number of rotatable bonds is 5. The van der Waals surface area contributed by atoms with Crippen molar-refractivity contribution in [1.29, 1.82) is 0 Å². The summed E-state index contributed by atoms with van der Waals surface area (Å²) in [6.45, 7) is 4.07. The van der Waals surface area contributed by atoms with Crippen LogP contribution in [0.3, 0.4) is 0 Å². The van der Waals surface area contributed by atoms with E-state index in [4.69, 9.17) is 5.11 Å². The summed E-state index contributed by atoms with van der Waals surface area (Å²) in [7, 11) is 1.58. The van der Waals surface area contributed by atoms with Gasteiger partial charge in [-0.3, -0.25) is 9.78 Å². The van der Waals surface area contributed by atoms with E-state index >= 15 is 0 Å². The van der Waals surface area contributed by atoms with Crippen LogP contribution in [-0.2, 0) is 11.3 Å². The number of aliphatic carboxylic acids is 1. The molecule has 0 spiro atoms. The van der Waals surface area contributed by atoms with Crippen LogP contribution in [0, 0.1) is 12.8 Å². The van der Waals surface area contributed by atoms with Crippen molar-refractivity contribution in [3.63, 3.8) is 0 Å². The summed E-state index contributed by atoms with van der Waals surface area (Å²) in [6, 6.07) is 1.56. The number of pyridine rings is 1. The first kappa shape index (κ1) is 14.9. The van der Waals surface area contributed by atoms with Gasteiger partial charge in [-0.25, -0.2) is 4.79 Å². The van der Waals surface area contributed by atoms with Crippen molar-refractivity contribution < 1.29 is 14.7 Å². The number of aryl methyl sites for hydroxylation is 1. The van der Waals surface area contributed by atoms with E-state index in [1.165, 1.54) is 4.90 Å². The van der Waals surface area contributed by atoms with Crippen molar-refractivity contribution in [1.82, 2.24) is 15.2 Å². The molecule has 0 saturated heterocycles. The predicted molar refractivity (Wildman–Crippen MR) is 70.6 cm³/mol. The van der Waals surface area contributed by atoms with Crippen LogP contribution in [0.4, 0.5) is 4.79 Å². The van der Waals surface area contributed by atoms with E-state index in [0.717, 1.165) is 11.1 Å². The Kier molecular flexibility index (Phi) is 5.29. The summed E-state index contributed by atoms with van der Waals surface area (Å²) in [5, 5.41) is 11.5. The maximum Gasteiger partial charge on any atom is 0.317 e. The van der Waals surface area contributed by atoms with E-state index < -0.39 is 11.9 Å². The lowest BCUT2D eigenvalue weighted by Gasteiger charge is -2.20. The number of nitrogens with zero attached hydrogens (tertiary/aromatic N) is 2. The Morgan fingerprint density at radius 2 is 2.21 bits per heavy atom. The lowest BCUT2D eigenvalue weighted by molar-refractivity contribution is -0.141. The molecule has 1 unspecified atom stereocenters. The zero-order chi connectivity index (χ0) is 14.4. The van der Waals surface area contributed by atoms with Crippen molar-refractivity contribution in [2.75, 3.05) is 13.6 Å². The van der Waals surface area contributed by atoms with Gasteiger partial charge in [0.2, 0.25) is 0 Å². The Hall–Kier alpha value is -2.11. The number of hydrogen-bond acceptors (Lipinski definition) is 3. The quantitative estimate of drug-likeness (QED) is 0.839. The van der Waals surface area contributed by atoms with Gasteiger partial charge in [-0.05, 0) is 24.1 Å². The smallest absolute Gasteiger partial charge is 0.317 e. The second-order valence-electron chi connectivity index (χ2n) is 4.58. The molecular formula is C13H19N3O3. The molecule has 6 nitrogen and oxygen atoms in total. The summed E-state index contributed by atoms with van der Waals surface area (Å²) in [5.41, 5.74) is 1.99. The van der Waals surface area contributed by atoms with Crippen LogP contribution in [-0.4, -0.2) is 40.6 Å². The molecule has 2 N–H and O–H groups in total. The molecule has 1 aromatic heterocycles. The molecule has 1 rings (SSSR count). The fourth-order valence-corrected chi connectivity index (χ4v) is 1.58. The number of carboxylic acid groups (broad SMARTS) is 1. The number of amides is 2. The van der Waals surface area contributed by atoms with E-state index in [0.29, 0.717) is 6.54 Å². The van der Waals surface area contributed by atoms with Gasteiger partial charge >= 0.3 is 12.0 Å². The average molecular weight is 265 g/mol. The number of aromatic nitrogens is 1. The van der Waals surface area contributed by atoms with Gasteiger partial charge in [0.1, 0.15) is 0 Å². The first-order valence-corrected chi connectivity index (χ1v) is 6.03. The van der Waals surface area contributed by atoms with Gasteiger partial charge in [-0.2, -0.15) is 0 Å². The van der Waals surface area contributed by atoms with Crippen LogP contribution in [0.1, 0.15) is 18.1 Å². The molecule has 0 aliphatic carbocycles. The molecule has 0 aliphatic heterocycles. The van der Waals surface area contributed by atoms with Crippen LogP contribution in [0.25, 0.3) is 0 Å². The molecule has 6 heteroatoms. The number of carboxylic acids is 1. The average Bonchev–Trinajstić information content (AvgIpc) is 2.37. The third-order valence-corrected chi connectivity index (χ3v) is 2.88. The summed E-state index contributed by atoms with van der Waals surface area (Å²) < 4.78 is 0. The number of carbonyl (C=O) groups excluding carboxylic acids is 1. The minimum atomic E-state index is -0.912. The predicted octanol–water partition coefficient (Wildman–Crippen LogP) is 1.25. The fourth-order valence-electron chi connectivity index (χ4n) is 1.58. The van der Waals surface area contributed by atoms with Gasteiger partial charge in [0, 0.05) is 32.5 Å². The van der Waals surface area contributed by atoms with E-state index in [1.807, 2.05) is 13.0 Å². The number of carbonyl (C=O) groups is 2. The van der Waals surface area contributed by atoms with Gasteiger partial charge in [0.15, 0.2) is 0 Å². The normalized spacial score (nSPS) is 11.7. The highest BCUT2D eigenvalue weighted by Gasteiger charge is 2.17. The standard InChI is InChI=1S/C13H19N3O3/c1-9-6-14-5-4-11(9)7-15-13(19)16(3)8-10(2)12(17)18/h4-6,10H,7-8H2,1-3H3,(H,15,19)(H,17,18). The van der Waals surface area contributed by atoms with Gasteiger partial charge in [0.05, 0.1) is 5.92 Å². The van der Waals surface area contributed by atoms with Crippen molar-refractivity contribution >= 4 is 12.0 Å². The largest absolute Gasteiger partial charge is 0.481 e. The Labute approximate surface area is 112 Å². The molecular weight excluding hydrogens is 246 g/mol. The molecule has 0 radical (unpaired) electrons. The maximum absolute atomic E-state index is 11.8. The molecule has 1 aromatic rings. The van der Waals surface area contributed by atoms with Crippen molar-refractivity contribution in [2.45, 2.75) is 20.4 Å². The molecule has 19 heavy (non-hydrogen) atoms. The molecule has 2 amide bonds. The molecule has 1 heterocycles. The van der Waals surface area contributed by atoms with E-state index in [2.05, 4.69) is 10.3 Å². The highest BCUT2D eigenvalue weighted by atomic mass is 16.4. The van der Waals surface area contributed by atoms with Crippen molar-refractivity contribution in [2.24, 2.45) is 5.92 Å². The Morgan fingerprint density at radius 3 is 2.79 bits per heavy atom.